The number of hydrogen-bond acceptors (Lipinski definition) is 10. The minimum absolute atomic E-state index is 0.0489. The van der Waals surface area contributed by atoms with Crippen molar-refractivity contribution in [2.45, 2.75) is 32.9 Å². The number of carbonyl (C=O) groups is 2. The molecule has 2 N–H and O–H groups in total. The molecule has 216 valence electrons. The molecule has 3 heterocycles. The minimum atomic E-state index is -1.29. The third-order valence-corrected chi connectivity index (χ3v) is 7.65. The normalized spacial score (nSPS) is 12.6. The summed E-state index contributed by atoms with van der Waals surface area (Å²) in [6.45, 7) is 5.19. The number of nitrogens with zero attached hydrogens (tertiary/aromatic N) is 6. The average Bonchev–Trinajstić information content (AvgIpc) is 3.38. The van der Waals surface area contributed by atoms with Crippen molar-refractivity contribution < 1.29 is 28.6 Å². The van der Waals surface area contributed by atoms with Gasteiger partial charge in [0.2, 0.25) is 11.7 Å². The van der Waals surface area contributed by atoms with Crippen molar-refractivity contribution in [1.29, 1.82) is 0 Å². The second-order valence-electron chi connectivity index (χ2n) is 9.42. The molecule has 0 aliphatic heterocycles. The number of fused-ring (bicyclic) bond motifs is 2. The van der Waals surface area contributed by atoms with Gasteiger partial charge in [-0.3, -0.25) is 9.69 Å². The molecule has 14 heteroatoms. The highest BCUT2D eigenvalue weighted by Gasteiger charge is 2.29. The number of benzene rings is 2. The van der Waals surface area contributed by atoms with Crippen LogP contribution in [0.4, 0.5) is 14.9 Å². The van der Waals surface area contributed by atoms with E-state index in [0.717, 1.165) is 16.0 Å². The predicted octanol–water partition coefficient (Wildman–Crippen LogP) is 4.85. The average molecular weight is 592 g/mol. The number of carboxylic acid groups (broad SMARTS) is 1. The lowest BCUT2D eigenvalue weighted by atomic mass is 10.1. The molecule has 5 rings (SSSR count). The third-order valence-electron chi connectivity index (χ3n) is 6.60. The topological polar surface area (TPSA) is 153 Å². The molecule has 12 nitrogen and oxygen atoms in total. The molecule has 3 aromatic heterocycles. The Balaban J connectivity index is 1.43. The van der Waals surface area contributed by atoms with Gasteiger partial charge >= 0.3 is 6.09 Å². The molecule has 0 saturated heterocycles. The van der Waals surface area contributed by atoms with Crippen LogP contribution in [0.5, 0.6) is 11.6 Å². The lowest BCUT2D eigenvalue weighted by Crippen LogP contribution is -2.46. The smallest absolute Gasteiger partial charge is 0.412 e. The van der Waals surface area contributed by atoms with Crippen LogP contribution in [0.3, 0.4) is 0 Å². The Kier molecular flexibility index (Phi) is 7.81. The highest BCUT2D eigenvalue weighted by atomic mass is 32.1. The van der Waals surface area contributed by atoms with Gasteiger partial charge in [-0.1, -0.05) is 0 Å². The second kappa shape index (κ2) is 11.5. The summed E-state index contributed by atoms with van der Waals surface area (Å²) in [5.41, 5.74) is 3.57. The Morgan fingerprint density at radius 3 is 2.45 bits per heavy atom. The third kappa shape index (κ3) is 5.48. The number of amides is 2. The predicted molar refractivity (Wildman–Crippen MR) is 155 cm³/mol. The van der Waals surface area contributed by atoms with Crippen LogP contribution in [0.25, 0.3) is 31.8 Å². The molecule has 42 heavy (non-hydrogen) atoms. The van der Waals surface area contributed by atoms with Crippen molar-refractivity contribution in [2.24, 2.45) is 0 Å². The Bertz CT molecular complexity index is 1810. The van der Waals surface area contributed by atoms with E-state index in [4.69, 9.17) is 9.47 Å². The number of halogens is 1. The van der Waals surface area contributed by atoms with Crippen LogP contribution >= 0.6 is 11.3 Å². The molecule has 0 fully saturated rings. The van der Waals surface area contributed by atoms with Crippen molar-refractivity contribution in [1.82, 2.24) is 30.2 Å². The molecule has 0 spiro atoms. The SMILES string of the molecule is CNC(=O)c1ncc(N(C(=O)O)C(C)C(C)Oc2cc3sc(-c4cc(C)cc5nc(OC)cnc45)nc3cc2F)cn1. The Morgan fingerprint density at radius 1 is 1.05 bits per heavy atom. The molecular formula is C28H26FN7O5S. The maximum atomic E-state index is 15.2. The van der Waals surface area contributed by atoms with E-state index >= 15 is 4.39 Å². The molecule has 0 aliphatic carbocycles. The summed E-state index contributed by atoms with van der Waals surface area (Å²) >= 11 is 1.35. The van der Waals surface area contributed by atoms with E-state index in [1.165, 1.54) is 50.2 Å². The van der Waals surface area contributed by atoms with Crippen LogP contribution < -0.4 is 19.7 Å². The number of thiazole rings is 1. The number of carbonyl (C=O) groups excluding carboxylic acids is 1. The van der Waals surface area contributed by atoms with Gasteiger partial charge in [-0.05, 0) is 38.5 Å². The van der Waals surface area contributed by atoms with Gasteiger partial charge in [-0.15, -0.1) is 11.3 Å². The fourth-order valence-electron chi connectivity index (χ4n) is 4.35. The molecule has 5 aromatic rings. The maximum Gasteiger partial charge on any atom is 0.412 e. The zero-order valence-electron chi connectivity index (χ0n) is 23.2. The summed E-state index contributed by atoms with van der Waals surface area (Å²) in [6, 6.07) is 5.91. The fourth-order valence-corrected chi connectivity index (χ4v) is 5.34. The summed E-state index contributed by atoms with van der Waals surface area (Å²) < 4.78 is 27.0. The zero-order chi connectivity index (χ0) is 30.1. The Morgan fingerprint density at radius 2 is 1.79 bits per heavy atom. The monoisotopic (exact) mass is 591 g/mol. The van der Waals surface area contributed by atoms with Crippen LogP contribution in [0.2, 0.25) is 0 Å². The molecule has 0 aliphatic rings. The van der Waals surface area contributed by atoms with Gasteiger partial charge in [0.25, 0.3) is 5.91 Å². The molecule has 2 atom stereocenters. The van der Waals surface area contributed by atoms with Crippen molar-refractivity contribution in [3.8, 4) is 22.2 Å². The van der Waals surface area contributed by atoms with Crippen LogP contribution in [-0.2, 0) is 0 Å². The van der Waals surface area contributed by atoms with Crippen molar-refractivity contribution >= 4 is 50.3 Å². The first kappa shape index (κ1) is 28.5. The summed E-state index contributed by atoms with van der Waals surface area (Å²) in [5.74, 6) is -0.905. The van der Waals surface area contributed by atoms with Gasteiger partial charge in [-0.2, -0.15) is 0 Å². The van der Waals surface area contributed by atoms with Crippen LogP contribution in [0.1, 0.15) is 30.0 Å². The first-order valence-electron chi connectivity index (χ1n) is 12.7. The zero-order valence-corrected chi connectivity index (χ0v) is 24.1. The summed E-state index contributed by atoms with van der Waals surface area (Å²) in [4.78, 5) is 46.4. The van der Waals surface area contributed by atoms with Gasteiger partial charge in [0, 0.05) is 24.7 Å². The van der Waals surface area contributed by atoms with Crippen LogP contribution in [0, 0.1) is 12.7 Å². The lowest BCUT2D eigenvalue weighted by molar-refractivity contribution is 0.0952. The molecule has 2 aromatic carbocycles. The summed E-state index contributed by atoms with van der Waals surface area (Å²) in [6.07, 6.45) is 1.92. The second-order valence-corrected chi connectivity index (χ2v) is 10.5. The number of nitrogens with one attached hydrogen (secondary N) is 1. The van der Waals surface area contributed by atoms with Gasteiger partial charge in [0.1, 0.15) is 11.1 Å². The van der Waals surface area contributed by atoms with E-state index in [0.29, 0.717) is 32.1 Å². The van der Waals surface area contributed by atoms with Gasteiger partial charge in [0.05, 0.1) is 58.7 Å². The Labute approximate surface area is 243 Å². The van der Waals surface area contributed by atoms with E-state index < -0.39 is 30.0 Å². The number of aromatic nitrogens is 5. The van der Waals surface area contributed by atoms with E-state index in [1.807, 2.05) is 19.1 Å². The van der Waals surface area contributed by atoms with Crippen LogP contribution in [0.15, 0.2) is 42.9 Å². The van der Waals surface area contributed by atoms with E-state index in [-0.39, 0.29) is 17.3 Å². The molecule has 2 amide bonds. The highest BCUT2D eigenvalue weighted by molar-refractivity contribution is 7.21. The number of methoxy groups -OCH3 is 1. The largest absolute Gasteiger partial charge is 0.485 e. The van der Waals surface area contributed by atoms with Gasteiger partial charge < -0.3 is 19.9 Å². The minimum Gasteiger partial charge on any atom is -0.485 e. The quantitative estimate of drug-likeness (QED) is 0.256. The fraction of sp³-hybridized carbons (Fsp3) is 0.250. The molecule has 0 saturated carbocycles. The first-order chi connectivity index (χ1) is 20.1. The van der Waals surface area contributed by atoms with E-state index in [2.05, 4.69) is 30.2 Å². The van der Waals surface area contributed by atoms with Crippen LogP contribution in [-0.4, -0.2) is 68.3 Å². The van der Waals surface area contributed by atoms with E-state index in [9.17, 15) is 14.7 Å². The molecule has 0 bridgehead atoms. The Hall–Kier alpha value is -4.98. The number of rotatable bonds is 8. The molecule has 2 unspecified atom stereocenters. The molecule has 0 radical (unpaired) electrons. The maximum absolute atomic E-state index is 15.2. The summed E-state index contributed by atoms with van der Waals surface area (Å²) in [7, 11) is 2.96. The number of aryl methyl sites for hydroxylation is 1. The van der Waals surface area contributed by atoms with Crippen molar-refractivity contribution in [2.75, 3.05) is 19.1 Å². The number of anilines is 1. The standard InChI is InChI=1S/C28H26FN7O5S/c1-13-6-17(24-20(7-13)34-23(40-5)12-31-24)27-35-19-8-18(29)21(9-22(19)42-27)41-15(3)14(2)36(28(38)39)16-10-32-25(33-11-16)26(37)30-4/h6-12,14-15H,1-5H3,(H,30,37)(H,38,39). The molecular weight excluding hydrogens is 565 g/mol. The van der Waals surface area contributed by atoms with Gasteiger partial charge in [0.15, 0.2) is 11.6 Å². The first-order valence-corrected chi connectivity index (χ1v) is 13.6. The number of ether oxygens (including phenoxy) is 2. The van der Waals surface area contributed by atoms with E-state index in [1.54, 1.807) is 19.9 Å². The highest BCUT2D eigenvalue weighted by Crippen LogP contribution is 2.37. The number of hydrogen-bond donors (Lipinski definition) is 2. The van der Waals surface area contributed by atoms with Crippen molar-refractivity contribution in [3.63, 3.8) is 0 Å². The lowest BCUT2D eigenvalue weighted by Gasteiger charge is -2.30. The summed E-state index contributed by atoms with van der Waals surface area (Å²) in [5, 5.41) is 12.9. The van der Waals surface area contributed by atoms with Gasteiger partial charge in [-0.25, -0.2) is 34.1 Å². The van der Waals surface area contributed by atoms with Crippen molar-refractivity contribution in [3.05, 3.63) is 60.1 Å².